The van der Waals surface area contributed by atoms with Crippen LogP contribution >= 0.6 is 22.9 Å². The fourth-order valence-electron chi connectivity index (χ4n) is 0.933. The molecule has 0 aliphatic carbocycles. The van der Waals surface area contributed by atoms with Crippen LogP contribution in [0.1, 0.15) is 9.67 Å². The minimum Gasteiger partial charge on any atom is -0.477 e. The van der Waals surface area contributed by atoms with Crippen molar-refractivity contribution in [3.05, 3.63) is 22.2 Å². The first-order valence-corrected chi connectivity index (χ1v) is 4.28. The van der Waals surface area contributed by atoms with Crippen molar-refractivity contribution in [3.63, 3.8) is 0 Å². The lowest BCUT2D eigenvalue weighted by atomic mass is 10.4. The number of aromatic carboxylic acids is 1. The normalized spacial score (nSPS) is 10.8. The topological polar surface area (TPSA) is 50.4 Å². The number of hydrogen-bond acceptors (Lipinski definition) is 3. The number of carboxylic acid groups (broad SMARTS) is 1. The fourth-order valence-corrected chi connectivity index (χ4v) is 2.19. The molecule has 1 N–H and O–H groups in total. The Bertz CT molecular complexity index is 442. The predicted octanol–water partition coefficient (Wildman–Crippen LogP) is 2.85. The van der Waals surface area contributed by atoms with E-state index in [4.69, 9.17) is 21.1 Å². The van der Waals surface area contributed by atoms with E-state index in [2.05, 4.69) is 0 Å². The molecule has 62 valence electrons. The van der Waals surface area contributed by atoms with Gasteiger partial charge < -0.3 is 9.52 Å². The molecule has 0 amide bonds. The molecule has 0 aliphatic rings. The van der Waals surface area contributed by atoms with Crippen LogP contribution in [-0.4, -0.2) is 11.1 Å². The van der Waals surface area contributed by atoms with E-state index in [9.17, 15) is 4.79 Å². The summed E-state index contributed by atoms with van der Waals surface area (Å²) in [4.78, 5) is 10.7. The summed E-state index contributed by atoms with van der Waals surface area (Å²) in [6.07, 6.45) is 1.48. The number of furan rings is 1. The lowest BCUT2D eigenvalue weighted by Gasteiger charge is -1.85. The number of carbonyl (C=O) groups is 1. The van der Waals surface area contributed by atoms with Crippen LogP contribution in [-0.2, 0) is 0 Å². The van der Waals surface area contributed by atoms with Gasteiger partial charge in [-0.05, 0) is 6.07 Å². The molecule has 0 aromatic carbocycles. The summed E-state index contributed by atoms with van der Waals surface area (Å²) in [5.41, 5.74) is 0.457. The molecule has 0 aliphatic heterocycles. The highest BCUT2D eigenvalue weighted by atomic mass is 35.5. The van der Waals surface area contributed by atoms with Crippen molar-refractivity contribution in [3.8, 4) is 0 Å². The highest BCUT2D eigenvalue weighted by molar-refractivity contribution is 7.21. The van der Waals surface area contributed by atoms with Gasteiger partial charge in [-0.3, -0.25) is 0 Å². The molecule has 0 radical (unpaired) electrons. The van der Waals surface area contributed by atoms with Gasteiger partial charge in [-0.25, -0.2) is 4.79 Å². The van der Waals surface area contributed by atoms with Crippen LogP contribution in [0.15, 0.2) is 16.7 Å². The van der Waals surface area contributed by atoms with Crippen molar-refractivity contribution in [1.29, 1.82) is 0 Å². The number of carboxylic acids is 1. The van der Waals surface area contributed by atoms with Crippen LogP contribution in [0.5, 0.6) is 0 Å². The minimum atomic E-state index is -1.02. The number of rotatable bonds is 1. The van der Waals surface area contributed by atoms with E-state index >= 15 is 0 Å². The van der Waals surface area contributed by atoms with Crippen molar-refractivity contribution >= 4 is 39.2 Å². The molecule has 2 aromatic heterocycles. The third-order valence-electron chi connectivity index (χ3n) is 1.43. The van der Waals surface area contributed by atoms with Crippen molar-refractivity contribution < 1.29 is 14.3 Å². The van der Waals surface area contributed by atoms with Crippen molar-refractivity contribution in [2.24, 2.45) is 0 Å². The van der Waals surface area contributed by atoms with E-state index in [0.29, 0.717) is 5.58 Å². The van der Waals surface area contributed by atoms with Crippen LogP contribution < -0.4 is 0 Å². The Labute approximate surface area is 76.2 Å². The smallest absolute Gasteiger partial charge is 0.347 e. The highest BCUT2D eigenvalue weighted by Gasteiger charge is 2.17. The van der Waals surface area contributed by atoms with Gasteiger partial charge in [0.25, 0.3) is 0 Å². The average molecular weight is 203 g/mol. The number of hydrogen-bond donors (Lipinski definition) is 1. The van der Waals surface area contributed by atoms with Gasteiger partial charge in [-0.15, -0.1) is 11.3 Å². The molecular weight excluding hydrogens is 200 g/mol. The van der Waals surface area contributed by atoms with Gasteiger partial charge in [0.2, 0.25) is 0 Å². The van der Waals surface area contributed by atoms with Gasteiger partial charge in [-0.1, -0.05) is 11.6 Å². The molecule has 2 heterocycles. The molecule has 0 bridgehead atoms. The third kappa shape index (κ3) is 0.922. The van der Waals surface area contributed by atoms with Crippen LogP contribution in [0.25, 0.3) is 10.3 Å². The first kappa shape index (κ1) is 7.64. The van der Waals surface area contributed by atoms with Crippen LogP contribution in [0, 0.1) is 0 Å². The summed E-state index contributed by atoms with van der Waals surface area (Å²) >= 11 is 6.84. The first-order chi connectivity index (χ1) is 5.70. The van der Waals surface area contributed by atoms with Gasteiger partial charge in [-0.2, -0.15) is 0 Å². The summed E-state index contributed by atoms with van der Waals surface area (Å²) in [7, 11) is 0. The molecule has 12 heavy (non-hydrogen) atoms. The minimum absolute atomic E-state index is 0.131. The van der Waals surface area contributed by atoms with Crippen LogP contribution in [0.3, 0.4) is 0 Å². The monoisotopic (exact) mass is 202 g/mol. The highest BCUT2D eigenvalue weighted by Crippen LogP contribution is 2.35. The maximum Gasteiger partial charge on any atom is 0.347 e. The Balaban J connectivity index is 2.78. The van der Waals surface area contributed by atoms with Gasteiger partial charge >= 0.3 is 5.97 Å². The maximum atomic E-state index is 10.6. The molecular formula is C7H3ClO3S. The molecule has 5 heteroatoms. The number of thiophene rings is 1. The molecule has 2 aromatic rings. The summed E-state index contributed by atoms with van der Waals surface area (Å²) in [5.74, 6) is -1.02. The molecule has 0 atom stereocenters. The lowest BCUT2D eigenvalue weighted by molar-refractivity contribution is 0.0702. The second-order valence-electron chi connectivity index (χ2n) is 2.16. The van der Waals surface area contributed by atoms with E-state index in [-0.39, 0.29) is 9.90 Å². The predicted molar refractivity (Wildman–Crippen MR) is 46.1 cm³/mol. The molecule has 3 nitrogen and oxygen atoms in total. The van der Waals surface area contributed by atoms with E-state index in [1.807, 2.05) is 0 Å². The molecule has 0 saturated carbocycles. The molecule has 0 spiro atoms. The van der Waals surface area contributed by atoms with Crippen LogP contribution in [0.4, 0.5) is 0 Å². The first-order valence-electron chi connectivity index (χ1n) is 3.09. The summed E-state index contributed by atoms with van der Waals surface area (Å²) < 4.78 is 5.76. The second kappa shape index (κ2) is 2.50. The Kier molecular flexibility index (Phi) is 1.59. The Hall–Kier alpha value is -1.00. The number of fused-ring (bicyclic) bond motifs is 1. The zero-order valence-electron chi connectivity index (χ0n) is 5.70. The van der Waals surface area contributed by atoms with Crippen LogP contribution in [0.2, 0.25) is 5.02 Å². The van der Waals surface area contributed by atoms with Crippen molar-refractivity contribution in [1.82, 2.24) is 0 Å². The van der Waals surface area contributed by atoms with Gasteiger partial charge in [0, 0.05) is 0 Å². The average Bonchev–Trinajstić information content (AvgIpc) is 2.53. The molecule has 0 fully saturated rings. The van der Waals surface area contributed by atoms with E-state index in [1.165, 1.54) is 6.26 Å². The molecule has 0 unspecified atom stereocenters. The van der Waals surface area contributed by atoms with E-state index in [1.54, 1.807) is 6.07 Å². The molecule has 2 rings (SSSR count). The van der Waals surface area contributed by atoms with Gasteiger partial charge in [0.15, 0.2) is 5.58 Å². The summed E-state index contributed by atoms with van der Waals surface area (Å²) in [6, 6.07) is 1.69. The Morgan fingerprint density at radius 2 is 2.42 bits per heavy atom. The standard InChI is InChI=1S/C7H3ClO3S/c8-4-5-3(1-2-11-5)12-6(4)7(9)10/h1-2H,(H,9,10). The van der Waals surface area contributed by atoms with Gasteiger partial charge in [0.1, 0.15) is 9.90 Å². The Morgan fingerprint density at radius 1 is 1.67 bits per heavy atom. The largest absolute Gasteiger partial charge is 0.477 e. The van der Waals surface area contributed by atoms with E-state index in [0.717, 1.165) is 16.0 Å². The van der Waals surface area contributed by atoms with E-state index < -0.39 is 5.97 Å². The second-order valence-corrected chi connectivity index (χ2v) is 3.59. The quantitative estimate of drug-likeness (QED) is 0.774. The van der Waals surface area contributed by atoms with Gasteiger partial charge in [0.05, 0.1) is 11.0 Å². The van der Waals surface area contributed by atoms with Crippen molar-refractivity contribution in [2.75, 3.05) is 0 Å². The number of halogens is 1. The molecule has 0 saturated heterocycles. The zero-order valence-corrected chi connectivity index (χ0v) is 7.28. The maximum absolute atomic E-state index is 10.6. The Morgan fingerprint density at radius 3 is 3.00 bits per heavy atom. The zero-order chi connectivity index (χ0) is 8.72. The fraction of sp³-hybridized carbons (Fsp3) is 0. The van der Waals surface area contributed by atoms with Crippen molar-refractivity contribution in [2.45, 2.75) is 0 Å². The summed E-state index contributed by atoms with van der Waals surface area (Å²) in [6.45, 7) is 0. The summed E-state index contributed by atoms with van der Waals surface area (Å²) in [5, 5.41) is 8.86. The SMILES string of the molecule is O=C(O)c1sc2ccoc2c1Cl. The lowest BCUT2D eigenvalue weighted by Crippen LogP contribution is -1.91. The third-order valence-corrected chi connectivity index (χ3v) is 3.03.